The van der Waals surface area contributed by atoms with Crippen molar-refractivity contribution in [3.8, 4) is 0 Å². The van der Waals surface area contributed by atoms with Gasteiger partial charge in [-0.15, -0.1) is 0 Å². The highest BCUT2D eigenvalue weighted by atomic mass is 16.7. The Morgan fingerprint density at radius 1 is 0.960 bits per heavy atom. The molecule has 1 unspecified atom stereocenters. The van der Waals surface area contributed by atoms with Gasteiger partial charge < -0.3 is 49.6 Å². The van der Waals surface area contributed by atoms with Crippen LogP contribution >= 0.6 is 0 Å². The Morgan fingerprint density at radius 3 is 2.16 bits per heavy atom. The summed E-state index contributed by atoms with van der Waals surface area (Å²) in [5.74, 6) is -0.738. The van der Waals surface area contributed by atoms with Gasteiger partial charge >= 0.3 is 5.97 Å². The maximum atomic E-state index is 11.2. The lowest BCUT2D eigenvalue weighted by atomic mass is 9.97. The molecule has 2 rings (SSSR count). The molecule has 0 bridgehead atoms. The summed E-state index contributed by atoms with van der Waals surface area (Å²) in [6, 6.07) is 0. The van der Waals surface area contributed by atoms with E-state index in [-0.39, 0.29) is 0 Å². The second-order valence-corrected chi connectivity index (χ2v) is 6.09. The second-order valence-electron chi connectivity index (χ2n) is 6.09. The molecule has 10 atom stereocenters. The minimum absolute atomic E-state index is 0.649. The van der Waals surface area contributed by atoms with Crippen molar-refractivity contribution in [3.05, 3.63) is 0 Å². The van der Waals surface area contributed by atoms with Crippen LogP contribution in [0.2, 0.25) is 0 Å². The molecule has 11 heteroatoms. The molecule has 2 saturated heterocycles. The summed E-state index contributed by atoms with van der Waals surface area (Å²) in [6.45, 7) is 1.90. The first-order valence-electron chi connectivity index (χ1n) is 7.82. The van der Waals surface area contributed by atoms with E-state index in [9.17, 15) is 30.3 Å². The molecule has 0 spiro atoms. The van der Waals surface area contributed by atoms with Crippen LogP contribution in [0.1, 0.15) is 13.8 Å². The van der Waals surface area contributed by atoms with Crippen molar-refractivity contribution in [3.63, 3.8) is 0 Å². The predicted molar refractivity (Wildman–Crippen MR) is 76.8 cm³/mol. The summed E-state index contributed by atoms with van der Waals surface area (Å²) >= 11 is 0. The molecule has 2 heterocycles. The zero-order chi connectivity index (χ0) is 18.9. The van der Waals surface area contributed by atoms with E-state index in [0.717, 1.165) is 6.92 Å². The molecule has 0 saturated carbocycles. The minimum atomic E-state index is -1.74. The first kappa shape index (κ1) is 20.4. The molecule has 25 heavy (non-hydrogen) atoms. The number of ether oxygens (including phenoxy) is 4. The molecule has 2 aliphatic rings. The third kappa shape index (κ3) is 4.27. The highest BCUT2D eigenvalue weighted by Gasteiger charge is 2.50. The normalized spacial score (nSPS) is 48.2. The van der Waals surface area contributed by atoms with Crippen molar-refractivity contribution in [2.24, 2.45) is 0 Å². The summed E-state index contributed by atoms with van der Waals surface area (Å²) < 4.78 is 20.4. The topological polar surface area (TPSA) is 175 Å². The Hall–Kier alpha value is -0.890. The van der Waals surface area contributed by atoms with E-state index >= 15 is 0 Å². The monoisotopic (exact) mass is 368 g/mol. The van der Waals surface area contributed by atoms with Gasteiger partial charge in [0.05, 0.1) is 12.7 Å². The van der Waals surface area contributed by atoms with Gasteiger partial charge in [0.2, 0.25) is 0 Å². The number of carbonyl (C=O) groups excluding carboxylic acids is 1. The van der Waals surface area contributed by atoms with E-state index in [0.29, 0.717) is 0 Å². The molecule has 6 N–H and O–H groups in total. The smallest absolute Gasteiger partial charge is 0.303 e. The molecule has 2 fully saturated rings. The highest BCUT2D eigenvalue weighted by molar-refractivity contribution is 5.66. The van der Waals surface area contributed by atoms with Crippen molar-refractivity contribution in [1.29, 1.82) is 0 Å². The summed E-state index contributed by atoms with van der Waals surface area (Å²) in [5.41, 5.74) is 0. The van der Waals surface area contributed by atoms with Crippen LogP contribution in [0, 0.1) is 0 Å². The second kappa shape index (κ2) is 8.20. The fourth-order valence-corrected chi connectivity index (χ4v) is 2.82. The average Bonchev–Trinajstić information content (AvgIpc) is 2.55. The van der Waals surface area contributed by atoms with Gasteiger partial charge in [0.1, 0.15) is 36.6 Å². The molecule has 0 radical (unpaired) electrons. The first-order valence-corrected chi connectivity index (χ1v) is 7.82. The number of aliphatic hydroxyl groups is 6. The van der Waals surface area contributed by atoms with Gasteiger partial charge in [0.15, 0.2) is 18.7 Å². The fourth-order valence-electron chi connectivity index (χ4n) is 2.82. The van der Waals surface area contributed by atoms with Crippen LogP contribution in [0.25, 0.3) is 0 Å². The third-order valence-electron chi connectivity index (χ3n) is 4.22. The van der Waals surface area contributed by atoms with E-state index in [1.165, 1.54) is 6.92 Å². The van der Waals surface area contributed by atoms with Crippen molar-refractivity contribution in [2.75, 3.05) is 6.61 Å². The van der Waals surface area contributed by atoms with Crippen LogP contribution in [0.3, 0.4) is 0 Å². The van der Waals surface area contributed by atoms with Gasteiger partial charge in [-0.3, -0.25) is 4.79 Å². The lowest BCUT2D eigenvalue weighted by Crippen LogP contribution is -2.64. The number of aliphatic hydroxyl groups excluding tert-OH is 6. The molecule has 0 aromatic carbocycles. The van der Waals surface area contributed by atoms with Gasteiger partial charge in [-0.25, -0.2) is 0 Å². The zero-order valence-corrected chi connectivity index (χ0v) is 13.7. The van der Waals surface area contributed by atoms with Crippen molar-refractivity contribution < 1.29 is 54.4 Å². The Bertz CT molecular complexity index is 460. The van der Waals surface area contributed by atoms with E-state index in [1.54, 1.807) is 0 Å². The van der Waals surface area contributed by atoms with Crippen LogP contribution in [0.4, 0.5) is 0 Å². The van der Waals surface area contributed by atoms with Gasteiger partial charge in [-0.05, 0) is 6.92 Å². The molecule has 0 aromatic rings. The summed E-state index contributed by atoms with van der Waals surface area (Å²) in [5, 5.41) is 59.1. The SMILES string of the molecule is CC(=O)O[C@@H]1[C@@H](O)[C@H](C)O[C@@H](O[C@H]2[C@H](O)[C@@H](CO)OC(O)[C@@H]2O)[C@@H]1O. The maximum Gasteiger partial charge on any atom is 0.303 e. The highest BCUT2D eigenvalue weighted by Crippen LogP contribution is 2.29. The van der Waals surface area contributed by atoms with Crippen molar-refractivity contribution in [2.45, 2.75) is 75.3 Å². The Labute approximate surface area is 143 Å². The van der Waals surface area contributed by atoms with Crippen molar-refractivity contribution >= 4 is 5.97 Å². The Morgan fingerprint density at radius 2 is 1.60 bits per heavy atom. The van der Waals surface area contributed by atoms with Crippen LogP contribution < -0.4 is 0 Å². The van der Waals surface area contributed by atoms with E-state index in [2.05, 4.69) is 0 Å². The van der Waals surface area contributed by atoms with Crippen molar-refractivity contribution in [1.82, 2.24) is 0 Å². The predicted octanol–water partition coefficient (Wildman–Crippen LogP) is -3.80. The van der Waals surface area contributed by atoms with Gasteiger partial charge in [0, 0.05) is 6.92 Å². The Balaban J connectivity index is 2.14. The largest absolute Gasteiger partial charge is 0.457 e. The molecule has 0 aromatic heterocycles. The molecule has 0 aliphatic carbocycles. The molecule has 146 valence electrons. The molecule has 0 amide bonds. The quantitative estimate of drug-likeness (QED) is 0.268. The summed E-state index contributed by atoms with van der Waals surface area (Å²) in [4.78, 5) is 11.2. The molecular weight excluding hydrogens is 344 g/mol. The summed E-state index contributed by atoms with van der Waals surface area (Å²) in [6.07, 6.45) is -14.3. The van der Waals surface area contributed by atoms with Crippen LogP contribution in [0.5, 0.6) is 0 Å². The molecule has 2 aliphatic heterocycles. The molecular formula is C14H24O11. The third-order valence-corrected chi connectivity index (χ3v) is 4.22. The number of hydrogen-bond donors (Lipinski definition) is 6. The summed E-state index contributed by atoms with van der Waals surface area (Å²) in [7, 11) is 0. The minimum Gasteiger partial charge on any atom is -0.457 e. The fraction of sp³-hybridized carbons (Fsp3) is 0.929. The number of carbonyl (C=O) groups is 1. The standard InChI is InChI=1S/C14H24O11/c1-4-7(17)11(23-5(2)16)10(20)14(22-4)25-12-8(18)6(3-15)24-13(21)9(12)19/h4,6-15,17-21H,3H2,1-2H3/t4-,6+,7-,8+,9+,10+,11+,12-,13?,14-/m0/s1. The zero-order valence-electron chi connectivity index (χ0n) is 13.7. The van der Waals surface area contributed by atoms with E-state index in [4.69, 9.17) is 24.1 Å². The maximum absolute atomic E-state index is 11.2. The van der Waals surface area contributed by atoms with Gasteiger partial charge in [-0.2, -0.15) is 0 Å². The lowest BCUT2D eigenvalue weighted by Gasteiger charge is -2.45. The van der Waals surface area contributed by atoms with Gasteiger partial charge in [-0.1, -0.05) is 0 Å². The average molecular weight is 368 g/mol. The van der Waals surface area contributed by atoms with E-state index < -0.39 is 74.0 Å². The first-order chi connectivity index (χ1) is 11.7. The number of hydrogen-bond acceptors (Lipinski definition) is 11. The van der Waals surface area contributed by atoms with Crippen LogP contribution in [-0.2, 0) is 23.7 Å². The van der Waals surface area contributed by atoms with Crippen LogP contribution in [-0.4, -0.2) is 105 Å². The van der Waals surface area contributed by atoms with Crippen LogP contribution in [0.15, 0.2) is 0 Å². The lowest BCUT2D eigenvalue weighted by molar-refractivity contribution is -0.352. The van der Waals surface area contributed by atoms with Gasteiger partial charge in [0.25, 0.3) is 0 Å². The Kier molecular flexibility index (Phi) is 6.70. The number of rotatable bonds is 4. The molecule has 11 nitrogen and oxygen atoms in total. The number of esters is 1. The van der Waals surface area contributed by atoms with E-state index in [1.807, 2.05) is 0 Å².